The van der Waals surface area contributed by atoms with Crippen LogP contribution in [0.4, 0.5) is 0 Å². The molecule has 20 heavy (non-hydrogen) atoms. The van der Waals surface area contributed by atoms with E-state index in [1.54, 1.807) is 0 Å². The molecule has 0 aromatic heterocycles. The monoisotopic (exact) mass is 276 g/mol. The zero-order valence-electron chi connectivity index (χ0n) is 12.1. The summed E-state index contributed by atoms with van der Waals surface area (Å²) in [7, 11) is 2.63. The second kappa shape index (κ2) is 5.65. The molecule has 1 aliphatic carbocycles. The zero-order valence-corrected chi connectivity index (χ0v) is 12.1. The van der Waals surface area contributed by atoms with Crippen molar-refractivity contribution in [2.45, 2.75) is 25.7 Å². The van der Waals surface area contributed by atoms with Gasteiger partial charge in [0.2, 0.25) is 0 Å². The lowest BCUT2D eigenvalue weighted by Crippen LogP contribution is -2.39. The molecule has 2 unspecified atom stereocenters. The highest BCUT2D eigenvalue weighted by molar-refractivity contribution is 6.00. The van der Waals surface area contributed by atoms with Crippen LogP contribution in [0, 0.1) is 11.3 Å². The minimum absolute atomic E-state index is 0.161. The maximum absolute atomic E-state index is 12.1. The van der Waals surface area contributed by atoms with Crippen LogP contribution in [0.2, 0.25) is 0 Å². The van der Waals surface area contributed by atoms with Gasteiger partial charge in [-0.1, -0.05) is 37.3 Å². The Morgan fingerprint density at radius 1 is 1.05 bits per heavy atom. The predicted molar refractivity (Wildman–Crippen MR) is 74.0 cm³/mol. The molecular formula is C16H20O4. The van der Waals surface area contributed by atoms with Gasteiger partial charge in [0.25, 0.3) is 0 Å². The first-order valence-electron chi connectivity index (χ1n) is 6.77. The molecule has 1 aliphatic rings. The van der Waals surface area contributed by atoms with Crippen LogP contribution < -0.4 is 0 Å². The first-order valence-corrected chi connectivity index (χ1v) is 6.77. The normalized spacial score (nSPS) is 24.1. The van der Waals surface area contributed by atoms with E-state index in [0.29, 0.717) is 12.8 Å². The van der Waals surface area contributed by atoms with E-state index in [9.17, 15) is 9.59 Å². The molecule has 0 amide bonds. The number of hydrogen-bond acceptors (Lipinski definition) is 4. The number of ether oxygens (including phenoxy) is 2. The van der Waals surface area contributed by atoms with Gasteiger partial charge in [-0.05, 0) is 30.2 Å². The van der Waals surface area contributed by atoms with Gasteiger partial charge in [-0.15, -0.1) is 0 Å². The van der Waals surface area contributed by atoms with Crippen LogP contribution >= 0.6 is 0 Å². The molecule has 4 heteroatoms. The molecule has 0 spiro atoms. The van der Waals surface area contributed by atoms with Crippen LogP contribution in [0.1, 0.15) is 31.2 Å². The number of rotatable bonds is 3. The summed E-state index contributed by atoms with van der Waals surface area (Å²) in [5.74, 6) is -0.603. The molecule has 2 atom stereocenters. The smallest absolute Gasteiger partial charge is 0.323 e. The van der Waals surface area contributed by atoms with Crippen molar-refractivity contribution >= 4 is 11.9 Å². The van der Waals surface area contributed by atoms with Crippen molar-refractivity contribution in [2.24, 2.45) is 11.3 Å². The lowest BCUT2D eigenvalue weighted by molar-refractivity contribution is -0.168. The molecule has 108 valence electrons. The van der Waals surface area contributed by atoms with Crippen molar-refractivity contribution in [1.82, 2.24) is 0 Å². The average Bonchev–Trinajstić information content (AvgIpc) is 2.85. The minimum atomic E-state index is -1.16. The third kappa shape index (κ3) is 2.30. The summed E-state index contributed by atoms with van der Waals surface area (Å²) in [5, 5.41) is 0. The average molecular weight is 276 g/mol. The highest BCUT2D eigenvalue weighted by Crippen LogP contribution is 2.51. The number of hydrogen-bond donors (Lipinski definition) is 0. The molecule has 0 bridgehead atoms. The van der Waals surface area contributed by atoms with Crippen LogP contribution in [0.25, 0.3) is 0 Å². The van der Waals surface area contributed by atoms with Crippen molar-refractivity contribution in [3.8, 4) is 0 Å². The van der Waals surface area contributed by atoms with Crippen molar-refractivity contribution in [3.05, 3.63) is 35.9 Å². The van der Waals surface area contributed by atoms with Gasteiger partial charge in [-0.25, -0.2) is 0 Å². The molecule has 1 saturated carbocycles. The van der Waals surface area contributed by atoms with Gasteiger partial charge >= 0.3 is 11.9 Å². The van der Waals surface area contributed by atoms with Gasteiger partial charge in [0.1, 0.15) is 0 Å². The first-order chi connectivity index (χ1) is 9.55. The Balaban J connectivity index is 2.35. The number of esters is 2. The third-order valence-electron chi connectivity index (χ3n) is 4.31. The number of benzene rings is 1. The first kappa shape index (κ1) is 14.6. The van der Waals surface area contributed by atoms with E-state index in [0.717, 1.165) is 5.56 Å². The fraction of sp³-hybridized carbons (Fsp3) is 0.500. The van der Waals surface area contributed by atoms with Gasteiger partial charge in [-0.2, -0.15) is 0 Å². The summed E-state index contributed by atoms with van der Waals surface area (Å²) in [6.45, 7) is 2.06. The summed E-state index contributed by atoms with van der Waals surface area (Å²) >= 11 is 0. The third-order valence-corrected chi connectivity index (χ3v) is 4.31. The Kier molecular flexibility index (Phi) is 4.12. The molecule has 0 N–H and O–H groups in total. The molecule has 0 heterocycles. The van der Waals surface area contributed by atoms with Gasteiger partial charge < -0.3 is 9.47 Å². The fourth-order valence-corrected chi connectivity index (χ4v) is 3.31. The Labute approximate surface area is 119 Å². The van der Waals surface area contributed by atoms with Gasteiger partial charge in [0.15, 0.2) is 5.41 Å². The van der Waals surface area contributed by atoms with Crippen molar-refractivity contribution in [1.29, 1.82) is 0 Å². The summed E-state index contributed by atoms with van der Waals surface area (Å²) in [4.78, 5) is 24.3. The van der Waals surface area contributed by atoms with Crippen LogP contribution in [0.5, 0.6) is 0 Å². The van der Waals surface area contributed by atoms with E-state index in [4.69, 9.17) is 9.47 Å². The van der Waals surface area contributed by atoms with E-state index >= 15 is 0 Å². The Hall–Kier alpha value is -1.84. The molecule has 0 aliphatic heterocycles. The maximum Gasteiger partial charge on any atom is 0.323 e. The van der Waals surface area contributed by atoms with E-state index in [-0.39, 0.29) is 11.8 Å². The number of carbonyl (C=O) groups excluding carboxylic acids is 2. The summed E-state index contributed by atoms with van der Waals surface area (Å²) < 4.78 is 9.71. The van der Waals surface area contributed by atoms with Crippen LogP contribution in [0.3, 0.4) is 0 Å². The minimum Gasteiger partial charge on any atom is -0.468 e. The van der Waals surface area contributed by atoms with Crippen LogP contribution in [-0.2, 0) is 19.1 Å². The van der Waals surface area contributed by atoms with E-state index in [2.05, 4.69) is 6.92 Å². The molecule has 0 saturated heterocycles. The van der Waals surface area contributed by atoms with E-state index < -0.39 is 17.4 Å². The molecule has 2 rings (SSSR count). The highest BCUT2D eigenvalue weighted by atomic mass is 16.5. The quantitative estimate of drug-likeness (QED) is 0.629. The summed E-state index contributed by atoms with van der Waals surface area (Å²) in [6.07, 6.45) is 0.906. The topological polar surface area (TPSA) is 52.6 Å². The molecule has 4 nitrogen and oxygen atoms in total. The largest absolute Gasteiger partial charge is 0.468 e. The maximum atomic E-state index is 12.1. The SMILES string of the molecule is COC(=O)C1(C(=O)OC)CC(C)C(c2ccccc2)C1. The van der Waals surface area contributed by atoms with Gasteiger partial charge in [0.05, 0.1) is 14.2 Å². The fourth-order valence-electron chi connectivity index (χ4n) is 3.31. The number of methoxy groups -OCH3 is 2. The Morgan fingerprint density at radius 3 is 2.10 bits per heavy atom. The van der Waals surface area contributed by atoms with Crippen LogP contribution in [-0.4, -0.2) is 26.2 Å². The lowest BCUT2D eigenvalue weighted by atomic mass is 9.84. The Morgan fingerprint density at radius 2 is 1.60 bits per heavy atom. The lowest BCUT2D eigenvalue weighted by Gasteiger charge is -2.23. The molecule has 1 aromatic rings. The van der Waals surface area contributed by atoms with Crippen LogP contribution in [0.15, 0.2) is 30.3 Å². The summed E-state index contributed by atoms with van der Waals surface area (Å²) in [6, 6.07) is 9.96. The molecule has 1 fully saturated rings. The van der Waals surface area contributed by atoms with E-state index in [1.165, 1.54) is 14.2 Å². The van der Waals surface area contributed by atoms with Gasteiger partial charge in [-0.3, -0.25) is 9.59 Å². The second-order valence-corrected chi connectivity index (χ2v) is 5.47. The molecule has 1 aromatic carbocycles. The van der Waals surface area contributed by atoms with Crippen molar-refractivity contribution < 1.29 is 19.1 Å². The zero-order chi connectivity index (χ0) is 14.8. The number of carbonyl (C=O) groups is 2. The van der Waals surface area contributed by atoms with Crippen molar-refractivity contribution in [3.63, 3.8) is 0 Å². The molecule has 0 radical (unpaired) electrons. The molecular weight excluding hydrogens is 256 g/mol. The highest BCUT2D eigenvalue weighted by Gasteiger charge is 2.56. The van der Waals surface area contributed by atoms with Crippen molar-refractivity contribution in [2.75, 3.05) is 14.2 Å². The Bertz CT molecular complexity index is 478. The van der Waals surface area contributed by atoms with E-state index in [1.807, 2.05) is 30.3 Å². The van der Waals surface area contributed by atoms with Gasteiger partial charge in [0, 0.05) is 0 Å². The predicted octanol–water partition coefficient (Wildman–Crippen LogP) is 2.53. The summed E-state index contributed by atoms with van der Waals surface area (Å²) in [5.41, 5.74) is -0.0154. The second-order valence-electron chi connectivity index (χ2n) is 5.47. The standard InChI is InChI=1S/C16H20O4/c1-11-9-16(14(17)19-2,15(18)20-3)10-13(11)12-7-5-4-6-8-12/h4-8,11,13H,9-10H2,1-3H3.